The molecule has 0 heterocycles. The van der Waals surface area contributed by atoms with Gasteiger partial charge in [0.1, 0.15) is 5.69 Å². The lowest BCUT2D eigenvalue weighted by molar-refractivity contribution is -0.383. The van der Waals surface area contributed by atoms with Crippen molar-refractivity contribution in [3.63, 3.8) is 0 Å². The van der Waals surface area contributed by atoms with Gasteiger partial charge in [0, 0.05) is 12.6 Å². The molecule has 0 aliphatic heterocycles. The number of benzene rings is 1. The fourth-order valence-electron chi connectivity index (χ4n) is 2.02. The summed E-state index contributed by atoms with van der Waals surface area (Å²) in [5.74, 6) is 0.763. The van der Waals surface area contributed by atoms with Crippen LogP contribution in [0.4, 0.5) is 11.4 Å². The Balaban J connectivity index is 2.04. The van der Waals surface area contributed by atoms with E-state index in [2.05, 4.69) is 5.32 Å². The molecule has 0 unspecified atom stereocenters. The molecular weight excluding hydrogens is 275 g/mol. The van der Waals surface area contributed by atoms with E-state index in [0.29, 0.717) is 10.7 Å². The number of rotatable bonds is 5. The van der Waals surface area contributed by atoms with E-state index in [4.69, 9.17) is 23.2 Å². The third kappa shape index (κ3) is 3.06. The SMILES string of the molecule is O=[N+]([O-])c1cc(Cl)c(Cl)cc1NCCC1CCC1. The standard InChI is InChI=1S/C12H14Cl2N2O2/c13-9-6-11(12(16(17)18)7-10(9)14)15-5-4-8-2-1-3-8/h6-8,15H,1-5H2. The molecule has 0 amide bonds. The third-order valence-corrected chi connectivity index (χ3v) is 4.05. The van der Waals surface area contributed by atoms with Crippen LogP contribution in [0, 0.1) is 16.0 Å². The molecule has 18 heavy (non-hydrogen) atoms. The minimum Gasteiger partial charge on any atom is -0.379 e. The van der Waals surface area contributed by atoms with Crippen LogP contribution in [0.1, 0.15) is 25.7 Å². The van der Waals surface area contributed by atoms with Gasteiger partial charge in [0.05, 0.1) is 15.0 Å². The number of anilines is 1. The Morgan fingerprint density at radius 1 is 1.33 bits per heavy atom. The van der Waals surface area contributed by atoms with Crippen LogP contribution in [0.2, 0.25) is 10.0 Å². The van der Waals surface area contributed by atoms with Crippen molar-refractivity contribution >= 4 is 34.6 Å². The van der Waals surface area contributed by atoms with E-state index in [1.54, 1.807) is 0 Å². The summed E-state index contributed by atoms with van der Waals surface area (Å²) in [5, 5.41) is 14.5. The maximum Gasteiger partial charge on any atom is 0.293 e. The van der Waals surface area contributed by atoms with E-state index in [1.165, 1.54) is 31.4 Å². The van der Waals surface area contributed by atoms with Crippen LogP contribution >= 0.6 is 23.2 Å². The summed E-state index contributed by atoms with van der Waals surface area (Å²) in [6.45, 7) is 0.726. The first-order chi connectivity index (χ1) is 8.58. The summed E-state index contributed by atoms with van der Waals surface area (Å²) in [6.07, 6.45) is 4.88. The van der Waals surface area contributed by atoms with Gasteiger partial charge in [0.25, 0.3) is 5.69 Å². The summed E-state index contributed by atoms with van der Waals surface area (Å²) >= 11 is 11.7. The van der Waals surface area contributed by atoms with Crippen molar-refractivity contribution in [3.8, 4) is 0 Å². The van der Waals surface area contributed by atoms with Gasteiger partial charge in [0.2, 0.25) is 0 Å². The number of nitrogens with one attached hydrogen (secondary N) is 1. The number of nitro groups is 1. The topological polar surface area (TPSA) is 55.2 Å². The van der Waals surface area contributed by atoms with Gasteiger partial charge < -0.3 is 5.32 Å². The van der Waals surface area contributed by atoms with E-state index in [0.717, 1.165) is 18.9 Å². The lowest BCUT2D eigenvalue weighted by Crippen LogP contribution is -2.16. The zero-order chi connectivity index (χ0) is 13.1. The average Bonchev–Trinajstić information content (AvgIpc) is 2.25. The van der Waals surface area contributed by atoms with E-state index in [9.17, 15) is 10.1 Å². The van der Waals surface area contributed by atoms with Crippen molar-refractivity contribution in [3.05, 3.63) is 32.3 Å². The van der Waals surface area contributed by atoms with Crippen molar-refractivity contribution in [2.75, 3.05) is 11.9 Å². The van der Waals surface area contributed by atoms with Gasteiger partial charge in [-0.15, -0.1) is 0 Å². The molecule has 1 aromatic rings. The molecule has 98 valence electrons. The largest absolute Gasteiger partial charge is 0.379 e. The molecule has 0 atom stereocenters. The molecule has 1 aromatic carbocycles. The first-order valence-electron chi connectivity index (χ1n) is 5.95. The highest BCUT2D eigenvalue weighted by atomic mass is 35.5. The zero-order valence-corrected chi connectivity index (χ0v) is 11.3. The number of hydrogen-bond donors (Lipinski definition) is 1. The lowest BCUT2D eigenvalue weighted by atomic mass is 9.83. The van der Waals surface area contributed by atoms with Crippen LogP contribution in [-0.4, -0.2) is 11.5 Å². The molecule has 0 saturated heterocycles. The Morgan fingerprint density at radius 2 is 2.00 bits per heavy atom. The minimum absolute atomic E-state index is 0.0296. The molecule has 1 N–H and O–H groups in total. The van der Waals surface area contributed by atoms with E-state index in [-0.39, 0.29) is 10.7 Å². The molecule has 6 heteroatoms. The molecule has 0 aromatic heterocycles. The molecule has 0 bridgehead atoms. The summed E-state index contributed by atoms with van der Waals surface area (Å²) in [5.41, 5.74) is 0.409. The summed E-state index contributed by atoms with van der Waals surface area (Å²) in [7, 11) is 0. The fraction of sp³-hybridized carbons (Fsp3) is 0.500. The summed E-state index contributed by atoms with van der Waals surface area (Å²) < 4.78 is 0. The summed E-state index contributed by atoms with van der Waals surface area (Å²) in [4.78, 5) is 10.5. The molecule has 0 spiro atoms. The molecule has 4 nitrogen and oxygen atoms in total. The van der Waals surface area contributed by atoms with Gasteiger partial charge in [-0.05, 0) is 18.4 Å². The molecule has 1 fully saturated rings. The Labute approximate surface area is 115 Å². The molecular formula is C12H14Cl2N2O2. The zero-order valence-electron chi connectivity index (χ0n) is 9.79. The van der Waals surface area contributed by atoms with Gasteiger partial charge in [-0.25, -0.2) is 0 Å². The maximum absolute atomic E-state index is 10.9. The Hall–Kier alpha value is -1.00. The number of halogens is 2. The van der Waals surface area contributed by atoms with Gasteiger partial charge in [-0.2, -0.15) is 0 Å². The van der Waals surface area contributed by atoms with Gasteiger partial charge in [-0.1, -0.05) is 42.5 Å². The smallest absolute Gasteiger partial charge is 0.293 e. The van der Waals surface area contributed by atoms with Gasteiger partial charge in [0.15, 0.2) is 0 Å². The molecule has 1 aliphatic carbocycles. The van der Waals surface area contributed by atoms with Gasteiger partial charge in [-0.3, -0.25) is 10.1 Å². The Bertz CT molecular complexity index is 462. The minimum atomic E-state index is -0.451. The van der Waals surface area contributed by atoms with Crippen LogP contribution in [0.5, 0.6) is 0 Å². The Kier molecular flexibility index (Phi) is 4.30. The molecule has 0 radical (unpaired) electrons. The predicted octanol–water partition coefficient (Wildman–Crippen LogP) is 4.50. The second kappa shape index (κ2) is 5.76. The van der Waals surface area contributed by atoms with Crippen molar-refractivity contribution < 1.29 is 4.92 Å². The lowest BCUT2D eigenvalue weighted by Gasteiger charge is -2.25. The highest BCUT2D eigenvalue weighted by Crippen LogP contribution is 2.34. The van der Waals surface area contributed by atoms with Crippen molar-refractivity contribution in [1.82, 2.24) is 0 Å². The first-order valence-corrected chi connectivity index (χ1v) is 6.71. The summed E-state index contributed by atoms with van der Waals surface area (Å²) in [6, 6.07) is 2.80. The van der Waals surface area contributed by atoms with Crippen molar-refractivity contribution in [1.29, 1.82) is 0 Å². The van der Waals surface area contributed by atoms with Crippen LogP contribution < -0.4 is 5.32 Å². The number of hydrogen-bond acceptors (Lipinski definition) is 3. The van der Waals surface area contributed by atoms with Crippen LogP contribution in [0.25, 0.3) is 0 Å². The predicted molar refractivity (Wildman–Crippen MR) is 73.6 cm³/mol. The Morgan fingerprint density at radius 3 is 2.56 bits per heavy atom. The second-order valence-corrected chi connectivity index (χ2v) is 5.37. The molecule has 2 rings (SSSR count). The normalized spacial score (nSPS) is 15.2. The fourth-order valence-corrected chi connectivity index (χ4v) is 2.34. The second-order valence-electron chi connectivity index (χ2n) is 4.55. The van der Waals surface area contributed by atoms with E-state index in [1.807, 2.05) is 0 Å². The van der Waals surface area contributed by atoms with Crippen LogP contribution in [0.3, 0.4) is 0 Å². The van der Waals surface area contributed by atoms with E-state index < -0.39 is 4.92 Å². The number of nitrogens with zero attached hydrogens (tertiary/aromatic N) is 1. The highest BCUT2D eigenvalue weighted by Gasteiger charge is 2.19. The monoisotopic (exact) mass is 288 g/mol. The van der Waals surface area contributed by atoms with Crippen molar-refractivity contribution in [2.45, 2.75) is 25.7 Å². The first kappa shape index (κ1) is 13.4. The maximum atomic E-state index is 10.9. The quantitative estimate of drug-likeness (QED) is 0.641. The van der Waals surface area contributed by atoms with Gasteiger partial charge >= 0.3 is 0 Å². The van der Waals surface area contributed by atoms with E-state index >= 15 is 0 Å². The third-order valence-electron chi connectivity index (χ3n) is 3.33. The highest BCUT2D eigenvalue weighted by molar-refractivity contribution is 6.42. The average molecular weight is 289 g/mol. The van der Waals surface area contributed by atoms with Crippen molar-refractivity contribution in [2.24, 2.45) is 5.92 Å². The number of nitro benzene ring substituents is 1. The van der Waals surface area contributed by atoms with Crippen LogP contribution in [0.15, 0.2) is 12.1 Å². The van der Waals surface area contributed by atoms with Crippen LogP contribution in [-0.2, 0) is 0 Å². The molecule has 1 aliphatic rings. The molecule has 1 saturated carbocycles.